The maximum atomic E-state index is 13.8. The van der Waals surface area contributed by atoms with Gasteiger partial charge in [-0.3, -0.25) is 9.59 Å². The Labute approximate surface area is 259 Å². The maximum Gasteiger partial charge on any atom is 0.306 e. The number of carbonyl (C=O) groups is 2. The van der Waals surface area contributed by atoms with Crippen molar-refractivity contribution in [3.8, 4) is 0 Å². The van der Waals surface area contributed by atoms with Crippen LogP contribution in [-0.4, -0.2) is 76.5 Å². The van der Waals surface area contributed by atoms with Crippen LogP contribution in [0.4, 0.5) is 0 Å². The number of ketones is 1. The highest BCUT2D eigenvalue weighted by Crippen LogP contribution is 2.56. The summed E-state index contributed by atoms with van der Waals surface area (Å²) in [6, 6.07) is 0. The molecule has 0 aromatic rings. The van der Waals surface area contributed by atoms with Crippen LogP contribution in [-0.2, 0) is 38.0 Å². The fourth-order valence-corrected chi connectivity index (χ4v) is 7.91. The summed E-state index contributed by atoms with van der Waals surface area (Å²) in [5.74, 6) is 0.877. The summed E-state index contributed by atoms with van der Waals surface area (Å²) in [5, 5.41) is 0. The number of rotatable bonds is 11. The first-order valence-electron chi connectivity index (χ1n) is 16.6. The molecule has 0 spiro atoms. The molecule has 0 aromatic carbocycles. The van der Waals surface area contributed by atoms with Crippen LogP contribution in [0.15, 0.2) is 23.3 Å². The van der Waals surface area contributed by atoms with E-state index in [1.54, 1.807) is 21.3 Å². The first-order valence-corrected chi connectivity index (χ1v) is 16.6. The Hall–Kier alpha value is -1.58. The number of Topliss-reactive ketones (excluding diaryl/α,β-unsaturated/α-hetero) is 1. The molecule has 4 rings (SSSR count). The van der Waals surface area contributed by atoms with Crippen LogP contribution in [0.3, 0.4) is 0 Å². The Morgan fingerprint density at radius 2 is 1.70 bits per heavy atom. The number of cyclic esters (lactones) is 1. The van der Waals surface area contributed by atoms with Crippen molar-refractivity contribution >= 4 is 11.8 Å². The minimum atomic E-state index is -0.608. The van der Waals surface area contributed by atoms with E-state index >= 15 is 0 Å². The molecule has 12 atom stereocenters. The average molecular weight is 605 g/mol. The van der Waals surface area contributed by atoms with Crippen LogP contribution in [0.25, 0.3) is 0 Å². The van der Waals surface area contributed by atoms with Gasteiger partial charge in [-0.15, -0.1) is 0 Å². The van der Waals surface area contributed by atoms with Crippen LogP contribution < -0.4 is 0 Å². The first kappa shape index (κ1) is 34.3. The van der Waals surface area contributed by atoms with E-state index in [2.05, 4.69) is 32.9 Å². The van der Waals surface area contributed by atoms with Gasteiger partial charge in [0.2, 0.25) is 0 Å². The molecule has 3 aliphatic carbocycles. The molecule has 244 valence electrons. The van der Waals surface area contributed by atoms with Crippen molar-refractivity contribution in [1.29, 1.82) is 0 Å². The molecular weight excluding hydrogens is 548 g/mol. The fourth-order valence-electron chi connectivity index (χ4n) is 7.91. The number of hydrogen-bond acceptors (Lipinski definition) is 8. The highest BCUT2D eigenvalue weighted by molar-refractivity contribution is 5.98. The molecule has 0 aromatic heterocycles. The molecule has 1 aliphatic heterocycles. The molecule has 1 saturated heterocycles. The molecule has 3 unspecified atom stereocenters. The van der Waals surface area contributed by atoms with Crippen LogP contribution >= 0.6 is 0 Å². The summed E-state index contributed by atoms with van der Waals surface area (Å²) in [4.78, 5) is 27.0. The second-order valence-electron chi connectivity index (χ2n) is 13.4. The third-order valence-electron chi connectivity index (χ3n) is 10.7. The van der Waals surface area contributed by atoms with Gasteiger partial charge in [-0.25, -0.2) is 0 Å². The van der Waals surface area contributed by atoms with Gasteiger partial charge in [0, 0.05) is 33.2 Å². The summed E-state index contributed by atoms with van der Waals surface area (Å²) < 4.78 is 35.7. The van der Waals surface area contributed by atoms with Crippen molar-refractivity contribution in [3.05, 3.63) is 23.3 Å². The first-order chi connectivity index (χ1) is 20.6. The molecule has 0 radical (unpaired) electrons. The van der Waals surface area contributed by atoms with Crippen molar-refractivity contribution in [3.63, 3.8) is 0 Å². The molecule has 43 heavy (non-hydrogen) atoms. The minimum Gasteiger partial charge on any atom is -0.462 e. The van der Waals surface area contributed by atoms with Gasteiger partial charge in [0.05, 0.1) is 31.3 Å². The summed E-state index contributed by atoms with van der Waals surface area (Å²) in [5.41, 5.74) is 2.18. The zero-order valence-electron chi connectivity index (χ0n) is 27.7. The largest absolute Gasteiger partial charge is 0.462 e. The smallest absolute Gasteiger partial charge is 0.306 e. The highest BCUT2D eigenvalue weighted by Gasteiger charge is 2.52. The number of ether oxygens (including phenoxy) is 6. The second-order valence-corrected chi connectivity index (χ2v) is 13.4. The lowest BCUT2D eigenvalue weighted by Crippen LogP contribution is -2.43. The quantitative estimate of drug-likeness (QED) is 0.160. The van der Waals surface area contributed by atoms with Gasteiger partial charge in [0.1, 0.15) is 12.2 Å². The van der Waals surface area contributed by atoms with Gasteiger partial charge in [0.25, 0.3) is 0 Å². The highest BCUT2D eigenvalue weighted by atomic mass is 16.7. The van der Waals surface area contributed by atoms with Crippen molar-refractivity contribution in [1.82, 2.24) is 0 Å². The monoisotopic (exact) mass is 604 g/mol. The Bertz CT molecular complexity index is 1010. The fraction of sp³-hybridized carbons (Fsp3) is 0.829. The number of allylic oxidation sites excluding steroid dienone is 4. The van der Waals surface area contributed by atoms with Gasteiger partial charge in [-0.05, 0) is 88.5 Å². The second kappa shape index (κ2) is 15.6. The van der Waals surface area contributed by atoms with Gasteiger partial charge in [-0.1, -0.05) is 38.0 Å². The van der Waals surface area contributed by atoms with Crippen molar-refractivity contribution in [2.24, 2.45) is 35.5 Å². The predicted molar refractivity (Wildman–Crippen MR) is 164 cm³/mol. The van der Waals surface area contributed by atoms with E-state index in [1.807, 2.05) is 13.8 Å². The summed E-state index contributed by atoms with van der Waals surface area (Å²) in [7, 11) is 4.97. The lowest BCUT2D eigenvalue weighted by atomic mass is 9.67. The Morgan fingerprint density at radius 3 is 2.37 bits per heavy atom. The summed E-state index contributed by atoms with van der Waals surface area (Å²) in [6.45, 7) is 10.7. The van der Waals surface area contributed by atoms with Crippen molar-refractivity contribution in [2.45, 2.75) is 123 Å². The SMILES string of the molecule is CC[C@H]1CCCC[C@@H](C)C(=O)C2=C[C@@H]3[C@@H](C=C(C)C4C[C@@H](OC(OC(C)[C@@H](C)OC)[C@H](COC)OC)C[C@H]43)[C@@H]2CC(=O)O1. The van der Waals surface area contributed by atoms with E-state index in [-0.39, 0.29) is 72.4 Å². The van der Waals surface area contributed by atoms with E-state index in [0.29, 0.717) is 18.4 Å². The van der Waals surface area contributed by atoms with Gasteiger partial charge in [-0.2, -0.15) is 0 Å². The molecule has 8 nitrogen and oxygen atoms in total. The Kier molecular flexibility index (Phi) is 12.5. The van der Waals surface area contributed by atoms with E-state index in [1.165, 1.54) is 5.57 Å². The Morgan fingerprint density at radius 1 is 0.953 bits per heavy atom. The zero-order valence-corrected chi connectivity index (χ0v) is 27.7. The number of esters is 1. The van der Waals surface area contributed by atoms with E-state index in [4.69, 9.17) is 28.4 Å². The number of methoxy groups -OCH3 is 3. The van der Waals surface area contributed by atoms with Gasteiger partial charge >= 0.3 is 5.97 Å². The van der Waals surface area contributed by atoms with Gasteiger partial charge < -0.3 is 28.4 Å². The maximum absolute atomic E-state index is 13.8. The van der Waals surface area contributed by atoms with E-state index in [0.717, 1.165) is 50.5 Å². The van der Waals surface area contributed by atoms with Crippen LogP contribution in [0.5, 0.6) is 0 Å². The molecule has 2 fully saturated rings. The topological polar surface area (TPSA) is 89.5 Å². The summed E-state index contributed by atoms with van der Waals surface area (Å²) in [6.07, 6.45) is 9.77. The molecule has 0 bridgehead atoms. The van der Waals surface area contributed by atoms with Crippen molar-refractivity contribution in [2.75, 3.05) is 27.9 Å². The molecule has 0 N–H and O–H groups in total. The Balaban J connectivity index is 1.56. The van der Waals surface area contributed by atoms with Crippen LogP contribution in [0.2, 0.25) is 0 Å². The lowest BCUT2D eigenvalue weighted by Gasteiger charge is -2.36. The number of carbonyl (C=O) groups excluding carboxylic acids is 2. The normalized spacial score (nSPS) is 36.1. The third kappa shape index (κ3) is 7.99. The van der Waals surface area contributed by atoms with Crippen molar-refractivity contribution < 1.29 is 38.0 Å². The molecule has 1 saturated carbocycles. The summed E-state index contributed by atoms with van der Waals surface area (Å²) >= 11 is 0. The standard InChI is InChI=1S/C35H56O8/c1-9-24-13-11-10-12-20(2)34(37)31-17-29-27(30(31)18-33(36)42-24)14-21(3)26-15-25(16-28(26)29)43-35(32(40-8)19-38-6)41-23(5)22(4)39-7/h14,17,20,22-30,32,35H,9-13,15-16,18-19H2,1-8H3/t20-,22-,23?,24+,25-,26?,27-,28-,29-,30+,32+,35?/m1/s1. The van der Waals surface area contributed by atoms with E-state index in [9.17, 15) is 9.59 Å². The lowest BCUT2D eigenvalue weighted by molar-refractivity contribution is -0.255. The number of hydrogen-bond donors (Lipinski definition) is 0. The molecular formula is C35H56O8. The molecule has 8 heteroatoms. The zero-order chi connectivity index (χ0) is 31.3. The molecule has 4 aliphatic rings. The molecule has 0 amide bonds. The number of fused-ring (bicyclic) bond motifs is 5. The minimum absolute atomic E-state index is 0.0310. The predicted octanol–water partition coefficient (Wildman–Crippen LogP) is 6.06. The average Bonchev–Trinajstić information content (AvgIpc) is 3.57. The van der Waals surface area contributed by atoms with Crippen LogP contribution in [0, 0.1) is 35.5 Å². The van der Waals surface area contributed by atoms with Gasteiger partial charge in [0.15, 0.2) is 12.1 Å². The third-order valence-corrected chi connectivity index (χ3v) is 10.7. The van der Waals surface area contributed by atoms with E-state index < -0.39 is 6.29 Å². The van der Waals surface area contributed by atoms with Crippen LogP contribution in [0.1, 0.15) is 86.0 Å². The molecule has 1 heterocycles.